The molecule has 0 radical (unpaired) electrons. The number of aromatic amines is 1. The van der Waals surface area contributed by atoms with E-state index in [-0.39, 0.29) is 0 Å². The summed E-state index contributed by atoms with van der Waals surface area (Å²) in [5, 5.41) is 18.9. The molecule has 2 aliphatic carbocycles. The van der Waals surface area contributed by atoms with E-state index in [0.717, 1.165) is 17.2 Å². The smallest absolute Gasteiger partial charge is 0.248 e. The Morgan fingerprint density at radius 2 is 2.00 bits per heavy atom. The first-order valence-electron chi connectivity index (χ1n) is 9.29. The lowest BCUT2D eigenvalue weighted by molar-refractivity contribution is 0.462. The summed E-state index contributed by atoms with van der Waals surface area (Å²) in [7, 11) is 0. The molecule has 7 nitrogen and oxygen atoms in total. The Hall–Kier alpha value is -2.57. The Labute approximate surface area is 146 Å². The number of nitrogens with one attached hydrogen (secondary N) is 3. The van der Waals surface area contributed by atoms with Crippen LogP contribution >= 0.6 is 0 Å². The quantitative estimate of drug-likeness (QED) is 0.659. The fourth-order valence-corrected chi connectivity index (χ4v) is 3.65. The van der Waals surface area contributed by atoms with E-state index in [4.69, 9.17) is 4.98 Å². The molecule has 3 aromatic heterocycles. The minimum atomic E-state index is 0.502. The van der Waals surface area contributed by atoms with Gasteiger partial charge in [-0.25, -0.2) is 4.52 Å². The Bertz CT molecular complexity index is 871. The number of anilines is 3. The van der Waals surface area contributed by atoms with Crippen molar-refractivity contribution < 1.29 is 0 Å². The maximum atomic E-state index is 4.72. The largest absolute Gasteiger partial charge is 0.365 e. The topological polar surface area (TPSA) is 82.9 Å². The van der Waals surface area contributed by atoms with Crippen LogP contribution in [0.3, 0.4) is 0 Å². The molecule has 7 heteroatoms. The number of fused-ring (bicyclic) bond motifs is 1. The monoisotopic (exact) mass is 337 g/mol. The van der Waals surface area contributed by atoms with Crippen molar-refractivity contribution >= 4 is 23.1 Å². The van der Waals surface area contributed by atoms with E-state index in [9.17, 15) is 0 Å². The molecule has 0 spiro atoms. The molecule has 2 aliphatic rings. The van der Waals surface area contributed by atoms with E-state index < -0.39 is 0 Å². The number of hydrogen-bond acceptors (Lipinski definition) is 5. The van der Waals surface area contributed by atoms with Gasteiger partial charge in [0.2, 0.25) is 5.95 Å². The maximum absolute atomic E-state index is 4.72. The van der Waals surface area contributed by atoms with Crippen LogP contribution in [-0.4, -0.2) is 30.8 Å². The minimum absolute atomic E-state index is 0.502. The second kappa shape index (κ2) is 6.06. The summed E-state index contributed by atoms with van der Waals surface area (Å²) in [6, 6.07) is 6.62. The molecule has 0 atom stereocenters. The molecule has 2 fully saturated rings. The van der Waals surface area contributed by atoms with E-state index in [1.165, 1.54) is 50.6 Å². The zero-order chi connectivity index (χ0) is 16.6. The SMILES string of the molecule is c1cc2c(NC3CCCCC3)nc(Nc3cc(C4CC4)[nH]n3)nn2c1. The van der Waals surface area contributed by atoms with Gasteiger partial charge >= 0.3 is 0 Å². The molecule has 130 valence electrons. The van der Waals surface area contributed by atoms with Crippen LogP contribution in [-0.2, 0) is 0 Å². The Morgan fingerprint density at radius 1 is 1.12 bits per heavy atom. The van der Waals surface area contributed by atoms with Crippen molar-refractivity contribution in [2.45, 2.75) is 56.9 Å². The van der Waals surface area contributed by atoms with Crippen molar-refractivity contribution in [3.8, 4) is 0 Å². The number of nitrogens with zero attached hydrogens (tertiary/aromatic N) is 4. The molecule has 25 heavy (non-hydrogen) atoms. The van der Waals surface area contributed by atoms with Crippen LogP contribution < -0.4 is 10.6 Å². The lowest BCUT2D eigenvalue weighted by atomic mass is 9.95. The number of aromatic nitrogens is 5. The van der Waals surface area contributed by atoms with Crippen molar-refractivity contribution in [3.05, 3.63) is 30.1 Å². The van der Waals surface area contributed by atoms with Gasteiger partial charge in [0.15, 0.2) is 11.6 Å². The molecule has 0 aliphatic heterocycles. The van der Waals surface area contributed by atoms with Crippen LogP contribution in [0.1, 0.15) is 56.6 Å². The molecule has 3 heterocycles. The molecule has 0 amide bonds. The summed E-state index contributed by atoms with van der Waals surface area (Å²) in [6.45, 7) is 0. The highest BCUT2D eigenvalue weighted by Gasteiger charge is 2.25. The Kier molecular flexibility index (Phi) is 3.57. The van der Waals surface area contributed by atoms with Gasteiger partial charge in [-0.3, -0.25) is 5.10 Å². The van der Waals surface area contributed by atoms with Gasteiger partial charge in [0.25, 0.3) is 0 Å². The van der Waals surface area contributed by atoms with Gasteiger partial charge in [0.05, 0.1) is 0 Å². The second-order valence-corrected chi connectivity index (χ2v) is 7.21. The fourth-order valence-electron chi connectivity index (χ4n) is 3.65. The predicted molar refractivity (Wildman–Crippen MR) is 97.3 cm³/mol. The average Bonchev–Trinajstić information content (AvgIpc) is 3.18. The Balaban J connectivity index is 1.41. The first-order valence-corrected chi connectivity index (χ1v) is 9.29. The third-order valence-electron chi connectivity index (χ3n) is 5.19. The molecular formula is C18H23N7. The summed E-state index contributed by atoms with van der Waals surface area (Å²) in [5.74, 6) is 2.89. The van der Waals surface area contributed by atoms with Gasteiger partial charge in [-0.05, 0) is 37.8 Å². The van der Waals surface area contributed by atoms with Gasteiger partial charge in [-0.15, -0.1) is 5.10 Å². The van der Waals surface area contributed by atoms with E-state index in [1.807, 2.05) is 16.8 Å². The molecule has 0 saturated heterocycles. The zero-order valence-electron chi connectivity index (χ0n) is 14.2. The van der Waals surface area contributed by atoms with Crippen molar-refractivity contribution in [1.82, 2.24) is 24.8 Å². The van der Waals surface area contributed by atoms with Gasteiger partial charge in [0, 0.05) is 29.9 Å². The molecule has 0 bridgehead atoms. The molecule has 0 aromatic carbocycles. The molecular weight excluding hydrogens is 314 g/mol. The molecule has 2 saturated carbocycles. The number of H-pyrrole nitrogens is 1. The lowest BCUT2D eigenvalue weighted by Crippen LogP contribution is -2.23. The molecule has 3 aromatic rings. The third-order valence-corrected chi connectivity index (χ3v) is 5.19. The summed E-state index contributed by atoms with van der Waals surface area (Å²) in [4.78, 5) is 4.72. The van der Waals surface area contributed by atoms with E-state index in [2.05, 4.69) is 38.1 Å². The van der Waals surface area contributed by atoms with Crippen LogP contribution in [0.4, 0.5) is 17.6 Å². The fraction of sp³-hybridized carbons (Fsp3) is 0.500. The second-order valence-electron chi connectivity index (χ2n) is 7.21. The maximum Gasteiger partial charge on any atom is 0.248 e. The zero-order valence-corrected chi connectivity index (χ0v) is 14.2. The van der Waals surface area contributed by atoms with Gasteiger partial charge in [0.1, 0.15) is 5.52 Å². The summed E-state index contributed by atoms with van der Waals surface area (Å²) in [6.07, 6.45) is 10.8. The summed E-state index contributed by atoms with van der Waals surface area (Å²) < 4.78 is 1.87. The predicted octanol–water partition coefficient (Wildman–Crippen LogP) is 3.82. The van der Waals surface area contributed by atoms with Crippen molar-refractivity contribution in [2.75, 3.05) is 10.6 Å². The highest BCUT2D eigenvalue weighted by atomic mass is 15.3. The van der Waals surface area contributed by atoms with Gasteiger partial charge in [-0.2, -0.15) is 10.1 Å². The minimum Gasteiger partial charge on any atom is -0.365 e. The first-order chi connectivity index (χ1) is 12.3. The van der Waals surface area contributed by atoms with Crippen LogP contribution in [0, 0.1) is 0 Å². The van der Waals surface area contributed by atoms with Crippen LogP contribution in [0.25, 0.3) is 5.52 Å². The van der Waals surface area contributed by atoms with E-state index in [0.29, 0.717) is 17.9 Å². The lowest BCUT2D eigenvalue weighted by Gasteiger charge is -2.23. The average molecular weight is 337 g/mol. The van der Waals surface area contributed by atoms with E-state index >= 15 is 0 Å². The van der Waals surface area contributed by atoms with E-state index in [1.54, 1.807) is 0 Å². The van der Waals surface area contributed by atoms with Crippen LogP contribution in [0.15, 0.2) is 24.4 Å². The van der Waals surface area contributed by atoms with Crippen LogP contribution in [0.2, 0.25) is 0 Å². The molecule has 5 rings (SSSR count). The molecule has 0 unspecified atom stereocenters. The standard InChI is InChI=1S/C18H23N7/c1-2-5-13(6-3-1)19-17-15-7-4-10-25(15)24-18(21-17)20-16-11-14(22-23-16)12-8-9-12/h4,7,10-13H,1-3,5-6,8-9H2,(H3,19,20,21,22,23,24). The molecule has 3 N–H and O–H groups in total. The number of rotatable bonds is 5. The Morgan fingerprint density at radius 3 is 2.84 bits per heavy atom. The first kappa shape index (κ1) is 14.7. The highest BCUT2D eigenvalue weighted by Crippen LogP contribution is 2.39. The summed E-state index contributed by atoms with van der Waals surface area (Å²) in [5.41, 5.74) is 2.21. The highest BCUT2D eigenvalue weighted by molar-refractivity contribution is 5.69. The van der Waals surface area contributed by atoms with Crippen molar-refractivity contribution in [2.24, 2.45) is 0 Å². The van der Waals surface area contributed by atoms with Crippen LogP contribution in [0.5, 0.6) is 0 Å². The summed E-state index contributed by atoms with van der Waals surface area (Å²) >= 11 is 0. The van der Waals surface area contributed by atoms with Gasteiger partial charge in [-0.1, -0.05) is 19.3 Å². The van der Waals surface area contributed by atoms with Crippen molar-refractivity contribution in [1.29, 1.82) is 0 Å². The van der Waals surface area contributed by atoms with Crippen molar-refractivity contribution in [3.63, 3.8) is 0 Å². The normalized spacial score (nSPS) is 18.6. The third kappa shape index (κ3) is 3.06. The number of hydrogen-bond donors (Lipinski definition) is 3. The van der Waals surface area contributed by atoms with Gasteiger partial charge < -0.3 is 10.6 Å².